The van der Waals surface area contributed by atoms with Gasteiger partial charge in [0.15, 0.2) is 0 Å². The van der Waals surface area contributed by atoms with Crippen LogP contribution in [0.2, 0.25) is 0 Å². The Kier molecular flexibility index (Phi) is 4.02. The molecule has 0 saturated heterocycles. The highest BCUT2D eigenvalue weighted by Gasteiger charge is 2.20. The fourth-order valence-corrected chi connectivity index (χ4v) is 4.09. The molecule has 0 atom stereocenters. The van der Waals surface area contributed by atoms with Gasteiger partial charge in [0.25, 0.3) is 0 Å². The number of hydrogen-bond acceptors (Lipinski definition) is 1. The minimum atomic E-state index is 1.03. The van der Waals surface area contributed by atoms with Gasteiger partial charge < -0.3 is 4.90 Å². The molecule has 0 radical (unpaired) electrons. The van der Waals surface area contributed by atoms with E-state index in [-0.39, 0.29) is 0 Å². The van der Waals surface area contributed by atoms with E-state index in [1.54, 1.807) is 0 Å². The second-order valence-corrected chi connectivity index (χ2v) is 7.68. The summed E-state index contributed by atoms with van der Waals surface area (Å²) in [6.45, 7) is 4.26. The van der Waals surface area contributed by atoms with Crippen molar-refractivity contribution >= 4 is 17.1 Å². The van der Waals surface area contributed by atoms with Crippen molar-refractivity contribution in [3.05, 3.63) is 113 Å². The Morgan fingerprint density at radius 2 is 1.07 bits per heavy atom. The second-order valence-electron chi connectivity index (χ2n) is 7.68. The molecule has 0 fully saturated rings. The van der Waals surface area contributed by atoms with Crippen molar-refractivity contribution in [2.75, 3.05) is 4.90 Å². The van der Waals surface area contributed by atoms with Crippen LogP contribution in [0.15, 0.2) is 91.0 Å². The van der Waals surface area contributed by atoms with E-state index in [1.807, 2.05) is 0 Å². The van der Waals surface area contributed by atoms with E-state index < -0.39 is 0 Å². The van der Waals surface area contributed by atoms with Crippen LogP contribution in [0.5, 0.6) is 0 Å². The van der Waals surface area contributed by atoms with Crippen LogP contribution < -0.4 is 4.90 Å². The third-order valence-corrected chi connectivity index (χ3v) is 5.62. The number of fused-ring (bicyclic) bond motifs is 3. The van der Waals surface area contributed by atoms with Crippen LogP contribution in [0.3, 0.4) is 0 Å². The molecule has 1 heteroatoms. The summed E-state index contributed by atoms with van der Waals surface area (Å²) in [5, 5.41) is 0. The van der Waals surface area contributed by atoms with Crippen molar-refractivity contribution in [1.82, 2.24) is 0 Å². The highest BCUT2D eigenvalue weighted by atomic mass is 15.1. The molecule has 0 saturated carbocycles. The Morgan fingerprint density at radius 1 is 0.536 bits per heavy atom. The zero-order chi connectivity index (χ0) is 19.1. The smallest absolute Gasteiger partial charge is 0.0467 e. The van der Waals surface area contributed by atoms with E-state index in [4.69, 9.17) is 0 Å². The van der Waals surface area contributed by atoms with E-state index in [0.717, 1.165) is 6.42 Å². The van der Waals surface area contributed by atoms with Crippen LogP contribution in [-0.4, -0.2) is 0 Å². The van der Waals surface area contributed by atoms with Crippen LogP contribution in [0.25, 0.3) is 11.1 Å². The van der Waals surface area contributed by atoms with Crippen molar-refractivity contribution in [3.8, 4) is 11.1 Å². The molecule has 0 unspecified atom stereocenters. The van der Waals surface area contributed by atoms with Crippen molar-refractivity contribution in [2.24, 2.45) is 0 Å². The van der Waals surface area contributed by atoms with E-state index >= 15 is 0 Å². The highest BCUT2D eigenvalue weighted by Crippen LogP contribution is 2.42. The average Bonchev–Trinajstić information content (AvgIpc) is 3.09. The Balaban J connectivity index is 1.66. The van der Waals surface area contributed by atoms with Gasteiger partial charge in [0.05, 0.1) is 0 Å². The Bertz CT molecular complexity index is 1090. The van der Waals surface area contributed by atoms with Gasteiger partial charge in [-0.1, -0.05) is 65.7 Å². The van der Waals surface area contributed by atoms with Crippen molar-refractivity contribution in [1.29, 1.82) is 0 Å². The first-order valence-corrected chi connectivity index (χ1v) is 9.84. The summed E-state index contributed by atoms with van der Waals surface area (Å²) >= 11 is 0. The van der Waals surface area contributed by atoms with E-state index in [1.165, 1.54) is 50.4 Å². The van der Waals surface area contributed by atoms with E-state index in [9.17, 15) is 0 Å². The van der Waals surface area contributed by atoms with Gasteiger partial charge in [0.1, 0.15) is 0 Å². The van der Waals surface area contributed by atoms with Gasteiger partial charge >= 0.3 is 0 Å². The molecule has 136 valence electrons. The fourth-order valence-electron chi connectivity index (χ4n) is 4.09. The van der Waals surface area contributed by atoms with Crippen molar-refractivity contribution in [2.45, 2.75) is 20.3 Å². The molecule has 0 amide bonds. The molecule has 1 nitrogen and oxygen atoms in total. The van der Waals surface area contributed by atoms with Gasteiger partial charge in [-0.05, 0) is 78.9 Å². The van der Waals surface area contributed by atoms with Crippen LogP contribution in [-0.2, 0) is 6.42 Å². The molecule has 5 rings (SSSR count). The van der Waals surface area contributed by atoms with Crippen LogP contribution >= 0.6 is 0 Å². The maximum atomic E-state index is 2.35. The Morgan fingerprint density at radius 3 is 1.71 bits per heavy atom. The highest BCUT2D eigenvalue weighted by molar-refractivity contribution is 5.84. The number of nitrogens with zero attached hydrogens (tertiary/aromatic N) is 1. The monoisotopic (exact) mass is 361 g/mol. The second kappa shape index (κ2) is 6.69. The lowest BCUT2D eigenvalue weighted by Gasteiger charge is -2.26. The normalized spacial score (nSPS) is 11.8. The number of hydrogen-bond donors (Lipinski definition) is 0. The molecule has 28 heavy (non-hydrogen) atoms. The maximum Gasteiger partial charge on any atom is 0.0467 e. The minimum absolute atomic E-state index is 1.03. The molecule has 0 bridgehead atoms. The van der Waals surface area contributed by atoms with Crippen LogP contribution in [0.4, 0.5) is 17.1 Å². The minimum Gasteiger partial charge on any atom is -0.310 e. The first kappa shape index (κ1) is 16.8. The molecule has 0 aliphatic heterocycles. The van der Waals surface area contributed by atoms with Gasteiger partial charge in [-0.25, -0.2) is 0 Å². The maximum absolute atomic E-state index is 2.35. The summed E-state index contributed by atoms with van der Waals surface area (Å²) in [5.41, 5.74) is 11.7. The molecule has 0 spiro atoms. The van der Waals surface area contributed by atoms with Gasteiger partial charge in [-0.3, -0.25) is 0 Å². The number of benzene rings is 4. The van der Waals surface area contributed by atoms with Gasteiger partial charge in [-0.2, -0.15) is 0 Å². The summed E-state index contributed by atoms with van der Waals surface area (Å²) < 4.78 is 0. The van der Waals surface area contributed by atoms with Crippen LogP contribution in [0.1, 0.15) is 22.3 Å². The molecule has 0 N–H and O–H groups in total. The summed E-state index contributed by atoms with van der Waals surface area (Å²) in [6, 6.07) is 33.2. The average molecular weight is 361 g/mol. The van der Waals surface area contributed by atoms with Gasteiger partial charge in [-0.15, -0.1) is 0 Å². The molecule has 0 heterocycles. The Hall–Kier alpha value is -3.32. The van der Waals surface area contributed by atoms with Gasteiger partial charge in [0, 0.05) is 17.1 Å². The summed E-state index contributed by atoms with van der Waals surface area (Å²) in [7, 11) is 0. The molecular weight excluding hydrogens is 338 g/mol. The third kappa shape index (κ3) is 2.90. The Labute approximate surface area is 166 Å². The quantitative estimate of drug-likeness (QED) is 0.325. The molecular formula is C27H23N. The lowest BCUT2D eigenvalue weighted by Crippen LogP contribution is -2.10. The van der Waals surface area contributed by atoms with E-state index in [2.05, 4.69) is 110 Å². The summed E-state index contributed by atoms with van der Waals surface area (Å²) in [4.78, 5) is 2.35. The van der Waals surface area contributed by atoms with Crippen LogP contribution in [0, 0.1) is 13.8 Å². The van der Waals surface area contributed by atoms with E-state index in [0.29, 0.717) is 0 Å². The molecule has 4 aromatic carbocycles. The molecule has 1 aliphatic rings. The zero-order valence-electron chi connectivity index (χ0n) is 16.3. The standard InChI is InChI=1S/C27H23N/c1-19-7-12-23(13-8-19)28(24-14-9-20(2)10-15-24)25-16-11-22-17-21-5-3-4-6-26(21)27(22)18-25/h3-16,18H,17H2,1-2H3. The molecule has 4 aromatic rings. The lowest BCUT2D eigenvalue weighted by atomic mass is 10.0. The summed E-state index contributed by atoms with van der Waals surface area (Å²) in [5.74, 6) is 0. The SMILES string of the molecule is Cc1ccc(N(c2ccc(C)cc2)c2ccc3c(c2)-c2ccccc2C3)cc1. The van der Waals surface area contributed by atoms with Crippen molar-refractivity contribution in [3.63, 3.8) is 0 Å². The fraction of sp³-hybridized carbons (Fsp3) is 0.111. The number of rotatable bonds is 3. The predicted octanol–water partition coefficient (Wildman–Crippen LogP) is 7.34. The first-order chi connectivity index (χ1) is 13.7. The molecule has 1 aliphatic carbocycles. The summed E-state index contributed by atoms with van der Waals surface area (Å²) in [6.07, 6.45) is 1.03. The number of aryl methyl sites for hydroxylation is 2. The predicted molar refractivity (Wildman–Crippen MR) is 119 cm³/mol. The zero-order valence-corrected chi connectivity index (χ0v) is 16.3. The number of anilines is 3. The molecule has 0 aromatic heterocycles. The lowest BCUT2D eigenvalue weighted by molar-refractivity contribution is 1.24. The van der Waals surface area contributed by atoms with Crippen molar-refractivity contribution < 1.29 is 0 Å². The largest absolute Gasteiger partial charge is 0.310 e. The first-order valence-electron chi connectivity index (χ1n) is 9.84. The topological polar surface area (TPSA) is 3.24 Å². The third-order valence-electron chi connectivity index (χ3n) is 5.62. The van der Waals surface area contributed by atoms with Gasteiger partial charge in [0.2, 0.25) is 0 Å².